The molecule has 0 spiro atoms. The van der Waals surface area contributed by atoms with Gasteiger partial charge in [0.15, 0.2) is 0 Å². The highest BCUT2D eigenvalue weighted by Gasteiger charge is 2.19. The van der Waals surface area contributed by atoms with Crippen molar-refractivity contribution in [3.63, 3.8) is 0 Å². The van der Waals surface area contributed by atoms with Crippen LogP contribution in [-0.4, -0.2) is 4.57 Å². The van der Waals surface area contributed by atoms with Crippen molar-refractivity contribution in [3.8, 4) is 0 Å². The molecular weight excluding hydrogens is 174 g/mol. The molecule has 0 N–H and O–H groups in total. The van der Waals surface area contributed by atoms with Gasteiger partial charge in [0.25, 0.3) is 0 Å². The van der Waals surface area contributed by atoms with E-state index < -0.39 is 0 Å². The Labute approximate surface area is 83.1 Å². The van der Waals surface area contributed by atoms with E-state index in [1.165, 1.54) is 22.0 Å². The molecule has 1 atom stereocenters. The topological polar surface area (TPSA) is 14.2 Å². The lowest BCUT2D eigenvalue weighted by Gasteiger charge is -2.04. The number of benzene rings is 1. The van der Waals surface area contributed by atoms with Gasteiger partial charge in [0.05, 0.1) is 12.7 Å². The van der Waals surface area contributed by atoms with Crippen molar-refractivity contribution in [2.45, 2.75) is 19.6 Å². The number of hydrogen-bond acceptors (Lipinski definition) is 1. The zero-order valence-corrected chi connectivity index (χ0v) is 8.45. The van der Waals surface area contributed by atoms with E-state index in [2.05, 4.69) is 42.9 Å². The molecule has 0 radical (unpaired) electrons. The number of ether oxygens (including phenoxy) is 1. The van der Waals surface area contributed by atoms with Gasteiger partial charge in [-0.15, -0.1) is 0 Å². The summed E-state index contributed by atoms with van der Waals surface area (Å²) in [6.45, 7) is 2.88. The quantitative estimate of drug-likeness (QED) is 0.618. The molecule has 0 bridgehead atoms. The van der Waals surface area contributed by atoms with Crippen LogP contribution in [0.4, 0.5) is 0 Å². The summed E-state index contributed by atoms with van der Waals surface area (Å²) in [5.41, 5.74) is 3.98. The van der Waals surface area contributed by atoms with E-state index >= 15 is 0 Å². The van der Waals surface area contributed by atoms with Crippen LogP contribution < -0.4 is 0 Å². The SMILES string of the molecule is CC1OCc2cc3ccn(C)c3cc21. The van der Waals surface area contributed by atoms with E-state index in [4.69, 9.17) is 4.74 Å². The molecule has 0 saturated carbocycles. The molecule has 0 saturated heterocycles. The molecule has 1 aliphatic heterocycles. The van der Waals surface area contributed by atoms with Crippen LogP contribution >= 0.6 is 0 Å². The molecule has 72 valence electrons. The molecular formula is C12H13NO. The number of fused-ring (bicyclic) bond motifs is 2. The molecule has 1 unspecified atom stereocenters. The smallest absolute Gasteiger partial charge is 0.0805 e. The summed E-state index contributed by atoms with van der Waals surface area (Å²) in [5.74, 6) is 0. The van der Waals surface area contributed by atoms with Crippen LogP contribution in [0.3, 0.4) is 0 Å². The summed E-state index contributed by atoms with van der Waals surface area (Å²) in [4.78, 5) is 0. The minimum absolute atomic E-state index is 0.254. The van der Waals surface area contributed by atoms with Crippen molar-refractivity contribution in [2.24, 2.45) is 7.05 Å². The van der Waals surface area contributed by atoms with Crippen LogP contribution in [0.15, 0.2) is 24.4 Å². The van der Waals surface area contributed by atoms with Gasteiger partial charge in [-0.05, 0) is 41.6 Å². The Hall–Kier alpha value is -1.28. The Balaban J connectivity index is 2.34. The van der Waals surface area contributed by atoms with Crippen molar-refractivity contribution in [1.82, 2.24) is 4.57 Å². The van der Waals surface area contributed by atoms with E-state index in [0.717, 1.165) is 6.61 Å². The van der Waals surface area contributed by atoms with Gasteiger partial charge in [-0.1, -0.05) is 0 Å². The molecule has 0 aliphatic carbocycles. The standard InChI is InChI=1S/C12H13NO/c1-8-11-6-12-9(3-4-13(12)2)5-10(11)7-14-8/h3-6,8H,7H2,1-2H3. The number of aryl methyl sites for hydroxylation is 1. The van der Waals surface area contributed by atoms with Crippen molar-refractivity contribution in [3.05, 3.63) is 35.5 Å². The fourth-order valence-corrected chi connectivity index (χ4v) is 2.19. The normalized spacial score (nSPS) is 20.3. The third kappa shape index (κ3) is 0.946. The van der Waals surface area contributed by atoms with Crippen LogP contribution in [0.1, 0.15) is 24.2 Å². The lowest BCUT2D eigenvalue weighted by molar-refractivity contribution is 0.0796. The Bertz CT molecular complexity index is 498. The maximum Gasteiger partial charge on any atom is 0.0805 e. The maximum atomic E-state index is 5.59. The maximum absolute atomic E-state index is 5.59. The zero-order chi connectivity index (χ0) is 9.71. The van der Waals surface area contributed by atoms with Gasteiger partial charge >= 0.3 is 0 Å². The third-order valence-corrected chi connectivity index (χ3v) is 3.07. The average Bonchev–Trinajstić information content (AvgIpc) is 2.71. The Morgan fingerprint density at radius 2 is 2.29 bits per heavy atom. The molecule has 2 aromatic rings. The first-order valence-corrected chi connectivity index (χ1v) is 4.95. The lowest BCUT2D eigenvalue weighted by Crippen LogP contribution is -1.90. The van der Waals surface area contributed by atoms with E-state index in [0.29, 0.717) is 0 Å². The van der Waals surface area contributed by atoms with Crippen LogP contribution in [0.2, 0.25) is 0 Å². The molecule has 1 aromatic heterocycles. The Morgan fingerprint density at radius 3 is 3.14 bits per heavy atom. The first-order valence-electron chi connectivity index (χ1n) is 4.95. The minimum Gasteiger partial charge on any atom is -0.369 e. The fraction of sp³-hybridized carbons (Fsp3) is 0.333. The molecule has 1 aromatic carbocycles. The number of nitrogens with zero attached hydrogens (tertiary/aromatic N) is 1. The highest BCUT2D eigenvalue weighted by Crippen LogP contribution is 2.33. The third-order valence-electron chi connectivity index (χ3n) is 3.07. The van der Waals surface area contributed by atoms with Crippen LogP contribution in [-0.2, 0) is 18.4 Å². The molecule has 2 nitrogen and oxygen atoms in total. The predicted molar refractivity (Wildman–Crippen MR) is 56.1 cm³/mol. The Kier molecular flexibility index (Phi) is 1.50. The van der Waals surface area contributed by atoms with Crippen molar-refractivity contribution >= 4 is 10.9 Å². The van der Waals surface area contributed by atoms with Crippen LogP contribution in [0.25, 0.3) is 10.9 Å². The monoisotopic (exact) mass is 187 g/mol. The van der Waals surface area contributed by atoms with Gasteiger partial charge in [-0.2, -0.15) is 0 Å². The summed E-state index contributed by atoms with van der Waals surface area (Å²) in [5, 5.41) is 1.31. The molecule has 0 fully saturated rings. The van der Waals surface area contributed by atoms with E-state index in [1.807, 2.05) is 0 Å². The Morgan fingerprint density at radius 1 is 1.43 bits per heavy atom. The highest BCUT2D eigenvalue weighted by molar-refractivity contribution is 5.82. The number of rotatable bonds is 0. The van der Waals surface area contributed by atoms with E-state index in [1.54, 1.807) is 0 Å². The molecule has 2 heteroatoms. The number of aromatic nitrogens is 1. The minimum atomic E-state index is 0.254. The van der Waals surface area contributed by atoms with Gasteiger partial charge in [-0.3, -0.25) is 0 Å². The van der Waals surface area contributed by atoms with E-state index in [-0.39, 0.29) is 6.10 Å². The van der Waals surface area contributed by atoms with Gasteiger partial charge in [0.1, 0.15) is 0 Å². The molecule has 0 amide bonds. The molecule has 14 heavy (non-hydrogen) atoms. The first kappa shape index (κ1) is 8.06. The fourth-order valence-electron chi connectivity index (χ4n) is 2.19. The molecule has 2 heterocycles. The predicted octanol–water partition coefficient (Wildman–Crippen LogP) is 2.77. The summed E-state index contributed by atoms with van der Waals surface area (Å²) in [6, 6.07) is 6.65. The van der Waals surface area contributed by atoms with Crippen LogP contribution in [0.5, 0.6) is 0 Å². The zero-order valence-electron chi connectivity index (χ0n) is 8.45. The second kappa shape index (κ2) is 2.61. The van der Waals surface area contributed by atoms with Crippen molar-refractivity contribution in [1.29, 1.82) is 0 Å². The molecule has 1 aliphatic rings. The summed E-state index contributed by atoms with van der Waals surface area (Å²) in [7, 11) is 2.08. The van der Waals surface area contributed by atoms with Gasteiger partial charge < -0.3 is 9.30 Å². The molecule has 3 rings (SSSR count). The average molecular weight is 187 g/mol. The first-order chi connectivity index (χ1) is 6.75. The lowest BCUT2D eigenvalue weighted by atomic mass is 10.0. The van der Waals surface area contributed by atoms with Gasteiger partial charge in [0.2, 0.25) is 0 Å². The second-order valence-corrected chi connectivity index (χ2v) is 3.99. The van der Waals surface area contributed by atoms with Crippen LogP contribution in [0, 0.1) is 0 Å². The number of hydrogen-bond donors (Lipinski definition) is 0. The van der Waals surface area contributed by atoms with Crippen molar-refractivity contribution < 1.29 is 4.74 Å². The summed E-state index contributed by atoms with van der Waals surface area (Å²) >= 11 is 0. The second-order valence-electron chi connectivity index (χ2n) is 3.99. The summed E-state index contributed by atoms with van der Waals surface area (Å²) in [6.07, 6.45) is 2.36. The largest absolute Gasteiger partial charge is 0.369 e. The van der Waals surface area contributed by atoms with Crippen molar-refractivity contribution in [2.75, 3.05) is 0 Å². The summed E-state index contributed by atoms with van der Waals surface area (Å²) < 4.78 is 7.75. The van der Waals surface area contributed by atoms with Gasteiger partial charge in [0, 0.05) is 18.8 Å². The van der Waals surface area contributed by atoms with E-state index in [9.17, 15) is 0 Å². The highest BCUT2D eigenvalue weighted by atomic mass is 16.5. The van der Waals surface area contributed by atoms with Gasteiger partial charge in [-0.25, -0.2) is 0 Å².